The molecule has 24 heavy (non-hydrogen) atoms. The van der Waals surface area contributed by atoms with Crippen molar-refractivity contribution in [3.63, 3.8) is 0 Å². The fraction of sp³-hybridized carbons (Fsp3) is 0.562. The summed E-state index contributed by atoms with van der Waals surface area (Å²) in [6, 6.07) is 3.13. The van der Waals surface area contributed by atoms with Crippen LogP contribution in [-0.2, 0) is 4.74 Å². The topological polar surface area (TPSA) is 97.5 Å². The highest BCUT2D eigenvalue weighted by molar-refractivity contribution is 6.29. The number of hydrogen-bond donors (Lipinski definition) is 2. The van der Waals surface area contributed by atoms with Gasteiger partial charge in [0.05, 0.1) is 0 Å². The second kappa shape index (κ2) is 7.25. The molecule has 132 valence electrons. The van der Waals surface area contributed by atoms with Crippen LogP contribution in [0.4, 0.5) is 10.6 Å². The van der Waals surface area contributed by atoms with Crippen LogP contribution in [0.1, 0.15) is 44.0 Å². The van der Waals surface area contributed by atoms with Gasteiger partial charge in [0.15, 0.2) is 0 Å². The molecule has 0 atom stereocenters. The lowest BCUT2D eigenvalue weighted by Crippen LogP contribution is -2.46. The Morgan fingerprint density at radius 1 is 1.33 bits per heavy atom. The number of anilines is 1. The third kappa shape index (κ3) is 5.26. The number of rotatable bonds is 3. The van der Waals surface area contributed by atoms with E-state index in [0.29, 0.717) is 24.5 Å². The summed E-state index contributed by atoms with van der Waals surface area (Å²) in [6.45, 7) is 6.86. The minimum absolute atomic E-state index is 0.0471. The summed E-state index contributed by atoms with van der Waals surface area (Å²) in [5.41, 5.74) is 5.12. The minimum Gasteiger partial charge on any atom is -0.444 e. The lowest BCUT2D eigenvalue weighted by Gasteiger charge is -2.33. The van der Waals surface area contributed by atoms with E-state index in [2.05, 4.69) is 10.3 Å². The zero-order chi connectivity index (χ0) is 17.9. The van der Waals surface area contributed by atoms with E-state index in [1.807, 2.05) is 25.7 Å². The standard InChI is InChI=1S/C16H23ClN4O3/c1-16(2,3)24-15(23)19-11-4-6-21(7-5-11)13-9-10(14(18)22)8-12(17)20-13/h8-9,11H,4-7H2,1-3H3,(H2,18,22)(H,19,23). The van der Waals surface area contributed by atoms with E-state index in [-0.39, 0.29) is 11.2 Å². The van der Waals surface area contributed by atoms with Crippen LogP contribution in [-0.4, -0.2) is 41.7 Å². The number of alkyl carbamates (subject to hydrolysis) is 1. The molecule has 1 aromatic heterocycles. The first-order valence-corrected chi connectivity index (χ1v) is 8.24. The van der Waals surface area contributed by atoms with Crippen molar-refractivity contribution in [2.45, 2.75) is 45.3 Å². The van der Waals surface area contributed by atoms with Crippen molar-refractivity contribution >= 4 is 29.4 Å². The van der Waals surface area contributed by atoms with Crippen molar-refractivity contribution < 1.29 is 14.3 Å². The van der Waals surface area contributed by atoms with Crippen molar-refractivity contribution in [3.8, 4) is 0 Å². The highest BCUT2D eigenvalue weighted by Crippen LogP contribution is 2.22. The molecule has 0 unspecified atom stereocenters. The van der Waals surface area contributed by atoms with Crippen LogP contribution in [0, 0.1) is 0 Å². The minimum atomic E-state index is -0.540. The molecule has 2 amide bonds. The maximum atomic E-state index is 11.8. The van der Waals surface area contributed by atoms with E-state index < -0.39 is 17.6 Å². The molecule has 2 heterocycles. The first-order chi connectivity index (χ1) is 11.1. The lowest BCUT2D eigenvalue weighted by molar-refractivity contribution is 0.0497. The van der Waals surface area contributed by atoms with Gasteiger partial charge in [-0.3, -0.25) is 4.79 Å². The number of carbonyl (C=O) groups excluding carboxylic acids is 2. The maximum Gasteiger partial charge on any atom is 0.407 e. The normalized spacial score (nSPS) is 15.9. The van der Waals surface area contributed by atoms with E-state index >= 15 is 0 Å². The number of aromatic nitrogens is 1. The van der Waals surface area contributed by atoms with E-state index in [1.165, 1.54) is 6.07 Å². The van der Waals surface area contributed by atoms with Gasteiger partial charge in [0.2, 0.25) is 5.91 Å². The summed E-state index contributed by atoms with van der Waals surface area (Å²) in [5, 5.41) is 3.11. The van der Waals surface area contributed by atoms with Crippen molar-refractivity contribution in [2.24, 2.45) is 5.73 Å². The van der Waals surface area contributed by atoms with Gasteiger partial charge in [0.1, 0.15) is 16.6 Å². The average Bonchev–Trinajstić information content (AvgIpc) is 2.45. The molecule has 1 aromatic rings. The summed E-state index contributed by atoms with van der Waals surface area (Å²) in [4.78, 5) is 29.4. The average molecular weight is 355 g/mol. The number of piperidine rings is 1. The Kier molecular flexibility index (Phi) is 5.54. The number of carbonyl (C=O) groups is 2. The number of ether oxygens (including phenoxy) is 1. The number of halogens is 1. The number of nitrogens with zero attached hydrogens (tertiary/aromatic N) is 2. The van der Waals surface area contributed by atoms with Crippen LogP contribution < -0.4 is 16.0 Å². The SMILES string of the molecule is CC(C)(C)OC(=O)NC1CCN(c2cc(C(N)=O)cc(Cl)n2)CC1. The van der Waals surface area contributed by atoms with E-state index in [9.17, 15) is 9.59 Å². The Labute approximate surface area is 146 Å². The first-order valence-electron chi connectivity index (χ1n) is 7.86. The summed E-state index contributed by atoms with van der Waals surface area (Å²) in [5.74, 6) is 0.0778. The second-order valence-electron chi connectivity index (χ2n) is 6.81. The van der Waals surface area contributed by atoms with Crippen molar-refractivity contribution in [1.82, 2.24) is 10.3 Å². The predicted octanol–water partition coefficient (Wildman–Crippen LogP) is 2.33. The Balaban J connectivity index is 1.93. The molecule has 7 nitrogen and oxygen atoms in total. The van der Waals surface area contributed by atoms with Gasteiger partial charge < -0.3 is 20.7 Å². The van der Waals surface area contributed by atoms with Gasteiger partial charge in [0.25, 0.3) is 0 Å². The third-order valence-electron chi connectivity index (χ3n) is 3.60. The first kappa shape index (κ1) is 18.3. The zero-order valence-electron chi connectivity index (χ0n) is 14.1. The molecule has 0 radical (unpaired) electrons. The monoisotopic (exact) mass is 354 g/mol. The highest BCUT2D eigenvalue weighted by Gasteiger charge is 2.24. The van der Waals surface area contributed by atoms with E-state index in [0.717, 1.165) is 12.8 Å². The molecule has 2 rings (SSSR count). The number of pyridine rings is 1. The quantitative estimate of drug-likeness (QED) is 0.812. The Bertz CT molecular complexity index is 622. The number of hydrogen-bond acceptors (Lipinski definition) is 5. The third-order valence-corrected chi connectivity index (χ3v) is 3.80. The fourth-order valence-corrected chi connectivity index (χ4v) is 2.72. The number of amides is 2. The molecule has 1 aliphatic rings. The van der Waals surface area contributed by atoms with Gasteiger partial charge in [-0.25, -0.2) is 9.78 Å². The van der Waals surface area contributed by atoms with Crippen molar-refractivity contribution in [2.75, 3.05) is 18.0 Å². The lowest BCUT2D eigenvalue weighted by atomic mass is 10.1. The van der Waals surface area contributed by atoms with Crippen LogP contribution in [0.25, 0.3) is 0 Å². The summed E-state index contributed by atoms with van der Waals surface area (Å²) < 4.78 is 5.26. The van der Waals surface area contributed by atoms with Crippen LogP contribution in [0.15, 0.2) is 12.1 Å². The number of nitrogens with one attached hydrogen (secondary N) is 1. The van der Waals surface area contributed by atoms with Crippen LogP contribution in [0.3, 0.4) is 0 Å². The summed E-state index contributed by atoms with van der Waals surface area (Å²) >= 11 is 5.95. The van der Waals surface area contributed by atoms with Gasteiger partial charge in [-0.05, 0) is 45.7 Å². The van der Waals surface area contributed by atoms with E-state index in [4.69, 9.17) is 22.1 Å². The van der Waals surface area contributed by atoms with Gasteiger partial charge in [-0.15, -0.1) is 0 Å². The Hall–Kier alpha value is -2.02. The molecule has 0 aromatic carbocycles. The Morgan fingerprint density at radius 3 is 2.50 bits per heavy atom. The van der Waals surface area contributed by atoms with E-state index in [1.54, 1.807) is 6.07 Å². The summed E-state index contributed by atoms with van der Waals surface area (Å²) in [6.07, 6.45) is 1.09. The molecule has 1 saturated heterocycles. The molecular weight excluding hydrogens is 332 g/mol. The highest BCUT2D eigenvalue weighted by atomic mass is 35.5. The molecule has 0 aliphatic carbocycles. The molecule has 8 heteroatoms. The number of primary amides is 1. The van der Waals surface area contributed by atoms with Crippen LogP contribution in [0.2, 0.25) is 5.15 Å². The molecule has 3 N–H and O–H groups in total. The molecular formula is C16H23ClN4O3. The zero-order valence-corrected chi connectivity index (χ0v) is 14.9. The van der Waals surface area contributed by atoms with Gasteiger partial charge in [-0.1, -0.05) is 11.6 Å². The molecule has 0 spiro atoms. The van der Waals surface area contributed by atoms with Gasteiger partial charge in [-0.2, -0.15) is 0 Å². The van der Waals surface area contributed by atoms with Crippen LogP contribution in [0.5, 0.6) is 0 Å². The van der Waals surface area contributed by atoms with Gasteiger partial charge in [0, 0.05) is 24.7 Å². The molecule has 0 bridgehead atoms. The number of nitrogens with two attached hydrogens (primary N) is 1. The van der Waals surface area contributed by atoms with Crippen molar-refractivity contribution in [3.05, 3.63) is 22.8 Å². The fourth-order valence-electron chi connectivity index (χ4n) is 2.51. The van der Waals surface area contributed by atoms with Gasteiger partial charge >= 0.3 is 6.09 Å². The molecule has 1 fully saturated rings. The Morgan fingerprint density at radius 2 is 1.96 bits per heavy atom. The maximum absolute atomic E-state index is 11.8. The summed E-state index contributed by atoms with van der Waals surface area (Å²) in [7, 11) is 0. The molecule has 1 aliphatic heterocycles. The van der Waals surface area contributed by atoms with Crippen molar-refractivity contribution in [1.29, 1.82) is 0 Å². The van der Waals surface area contributed by atoms with Crippen LogP contribution >= 0.6 is 11.6 Å². The smallest absolute Gasteiger partial charge is 0.407 e. The molecule has 0 saturated carbocycles. The second-order valence-corrected chi connectivity index (χ2v) is 7.20. The largest absolute Gasteiger partial charge is 0.444 e. The predicted molar refractivity (Wildman–Crippen MR) is 92.4 cm³/mol.